The highest BCUT2D eigenvalue weighted by molar-refractivity contribution is 5.88. The molecular weight excluding hydrogens is 244 g/mol. The van der Waals surface area contributed by atoms with E-state index in [4.69, 9.17) is 4.74 Å². The molecule has 0 aromatic rings. The van der Waals surface area contributed by atoms with Crippen molar-refractivity contribution in [1.29, 1.82) is 0 Å². The second-order valence-corrected chi connectivity index (χ2v) is 5.95. The molecule has 2 atom stereocenters. The molecule has 0 spiro atoms. The average molecular weight is 268 g/mol. The van der Waals surface area contributed by atoms with Gasteiger partial charge in [0.05, 0.1) is 5.60 Å². The summed E-state index contributed by atoms with van der Waals surface area (Å²) >= 11 is 0. The Morgan fingerprint density at radius 2 is 2.26 bits per heavy atom. The van der Waals surface area contributed by atoms with Gasteiger partial charge in [-0.15, -0.1) is 0 Å². The molecule has 2 aliphatic rings. The van der Waals surface area contributed by atoms with Gasteiger partial charge in [0.25, 0.3) is 0 Å². The molecule has 2 fully saturated rings. The first-order valence-corrected chi connectivity index (χ1v) is 7.17. The molecule has 0 unspecified atom stereocenters. The lowest BCUT2D eigenvalue weighted by Crippen LogP contribution is -2.52. The molecule has 108 valence electrons. The molecule has 2 rings (SSSR count). The van der Waals surface area contributed by atoms with Crippen LogP contribution in [-0.4, -0.2) is 37.1 Å². The zero-order valence-electron chi connectivity index (χ0n) is 11.8. The number of hydrogen-bond acceptors (Lipinski definition) is 3. The van der Waals surface area contributed by atoms with Crippen LogP contribution in [0.1, 0.15) is 45.4 Å². The van der Waals surface area contributed by atoms with Crippen molar-refractivity contribution in [2.45, 2.75) is 57.1 Å². The van der Waals surface area contributed by atoms with Gasteiger partial charge in [0.1, 0.15) is 6.04 Å². The number of methoxy groups -OCH3 is 1. The molecule has 1 aliphatic heterocycles. The molecule has 2 N–H and O–H groups in total. The lowest BCUT2D eigenvalue weighted by atomic mass is 9.77. The molecule has 1 aliphatic carbocycles. The van der Waals surface area contributed by atoms with Gasteiger partial charge < -0.3 is 15.4 Å². The summed E-state index contributed by atoms with van der Waals surface area (Å²) in [5.41, 5.74) is -0.0175. The number of rotatable bonds is 5. The van der Waals surface area contributed by atoms with Gasteiger partial charge in [0.2, 0.25) is 11.8 Å². The fourth-order valence-corrected chi connectivity index (χ4v) is 2.95. The summed E-state index contributed by atoms with van der Waals surface area (Å²) < 4.78 is 5.51. The maximum Gasteiger partial charge on any atom is 0.242 e. The normalized spacial score (nSPS) is 29.3. The molecule has 5 heteroatoms. The zero-order chi connectivity index (χ0) is 13.9. The summed E-state index contributed by atoms with van der Waals surface area (Å²) in [7, 11) is 1.74. The van der Waals surface area contributed by atoms with Crippen LogP contribution in [0.2, 0.25) is 0 Å². The number of amides is 2. The third kappa shape index (κ3) is 3.47. The highest BCUT2D eigenvalue weighted by Gasteiger charge is 2.36. The number of ether oxygens (including phenoxy) is 1. The Labute approximate surface area is 114 Å². The summed E-state index contributed by atoms with van der Waals surface area (Å²) in [6, 6.07) is -0.365. The van der Waals surface area contributed by atoms with E-state index in [0.717, 1.165) is 25.7 Å². The van der Waals surface area contributed by atoms with Crippen molar-refractivity contribution in [3.8, 4) is 0 Å². The molecule has 0 radical (unpaired) electrons. The number of nitrogens with one attached hydrogen (secondary N) is 2. The van der Waals surface area contributed by atoms with Crippen molar-refractivity contribution in [3.63, 3.8) is 0 Å². The fraction of sp³-hybridized carbons (Fsp3) is 0.857. The second kappa shape index (κ2) is 5.90. The Morgan fingerprint density at radius 3 is 2.79 bits per heavy atom. The lowest BCUT2D eigenvalue weighted by molar-refractivity contribution is -0.132. The Kier molecular flexibility index (Phi) is 4.45. The van der Waals surface area contributed by atoms with E-state index in [-0.39, 0.29) is 29.4 Å². The van der Waals surface area contributed by atoms with Crippen LogP contribution in [0.3, 0.4) is 0 Å². The van der Waals surface area contributed by atoms with Crippen molar-refractivity contribution < 1.29 is 14.3 Å². The first kappa shape index (κ1) is 14.3. The predicted molar refractivity (Wildman–Crippen MR) is 71.5 cm³/mol. The fourth-order valence-electron chi connectivity index (χ4n) is 2.95. The predicted octanol–water partition coefficient (Wildman–Crippen LogP) is 0.976. The van der Waals surface area contributed by atoms with Crippen LogP contribution in [0.5, 0.6) is 0 Å². The summed E-state index contributed by atoms with van der Waals surface area (Å²) in [6.07, 6.45) is 5.47. The summed E-state index contributed by atoms with van der Waals surface area (Å²) in [6.45, 7) is 2.63. The zero-order valence-corrected chi connectivity index (χ0v) is 11.8. The largest absolute Gasteiger partial charge is 0.378 e. The smallest absolute Gasteiger partial charge is 0.242 e. The van der Waals surface area contributed by atoms with E-state index in [0.29, 0.717) is 13.0 Å². The molecule has 19 heavy (non-hydrogen) atoms. The maximum absolute atomic E-state index is 12.0. The highest BCUT2D eigenvalue weighted by atomic mass is 16.5. The van der Waals surface area contributed by atoms with Gasteiger partial charge in [-0.05, 0) is 38.0 Å². The van der Waals surface area contributed by atoms with Gasteiger partial charge in [0.15, 0.2) is 0 Å². The number of piperidine rings is 1. The van der Waals surface area contributed by atoms with Gasteiger partial charge in [0, 0.05) is 20.1 Å². The van der Waals surface area contributed by atoms with Gasteiger partial charge in [-0.1, -0.05) is 6.92 Å². The second-order valence-electron chi connectivity index (χ2n) is 5.95. The third-order valence-electron chi connectivity index (χ3n) is 4.40. The molecule has 2 amide bonds. The van der Waals surface area contributed by atoms with Gasteiger partial charge >= 0.3 is 0 Å². The minimum absolute atomic E-state index is 0.0175. The van der Waals surface area contributed by atoms with Gasteiger partial charge in [-0.2, -0.15) is 0 Å². The van der Waals surface area contributed by atoms with E-state index in [1.54, 1.807) is 7.11 Å². The maximum atomic E-state index is 12.0. The average Bonchev–Trinajstić information content (AvgIpc) is 2.31. The van der Waals surface area contributed by atoms with Crippen molar-refractivity contribution in [2.75, 3.05) is 13.7 Å². The molecule has 1 saturated heterocycles. The summed E-state index contributed by atoms with van der Waals surface area (Å²) in [5, 5.41) is 5.67. The van der Waals surface area contributed by atoms with E-state index in [2.05, 4.69) is 10.6 Å². The Balaban J connectivity index is 1.73. The van der Waals surface area contributed by atoms with Crippen LogP contribution in [-0.2, 0) is 14.3 Å². The summed E-state index contributed by atoms with van der Waals surface area (Å²) in [4.78, 5) is 23.4. The number of carbonyl (C=O) groups is 2. The van der Waals surface area contributed by atoms with Crippen molar-refractivity contribution in [2.24, 2.45) is 5.92 Å². The van der Waals surface area contributed by atoms with Crippen molar-refractivity contribution in [3.05, 3.63) is 0 Å². The molecule has 5 nitrogen and oxygen atoms in total. The highest BCUT2D eigenvalue weighted by Crippen LogP contribution is 2.37. The molecular formula is C14H24N2O3. The van der Waals surface area contributed by atoms with Gasteiger partial charge in [-0.25, -0.2) is 0 Å². The van der Waals surface area contributed by atoms with Crippen molar-refractivity contribution >= 4 is 11.8 Å². The Morgan fingerprint density at radius 1 is 1.53 bits per heavy atom. The first-order valence-electron chi connectivity index (χ1n) is 7.17. The van der Waals surface area contributed by atoms with Crippen LogP contribution in [0, 0.1) is 5.92 Å². The molecule has 1 heterocycles. The molecule has 0 aromatic carbocycles. The van der Waals surface area contributed by atoms with Crippen LogP contribution in [0.25, 0.3) is 0 Å². The van der Waals surface area contributed by atoms with E-state index in [9.17, 15) is 9.59 Å². The standard InChI is InChI=1S/C14H24N2O3/c1-10-8-11(16-12(17)9-10)13(18)15-7-6-14(19-2)4-3-5-14/h10-11H,3-9H2,1-2H3,(H,15,18)(H,16,17)/t10-,11-/m0/s1. The summed E-state index contributed by atoms with van der Waals surface area (Å²) in [5.74, 6) is 0.193. The van der Waals surface area contributed by atoms with E-state index >= 15 is 0 Å². The molecule has 0 aromatic heterocycles. The third-order valence-corrected chi connectivity index (χ3v) is 4.40. The Bertz CT molecular complexity index is 347. The van der Waals surface area contributed by atoms with Crippen molar-refractivity contribution in [1.82, 2.24) is 10.6 Å². The quantitative estimate of drug-likeness (QED) is 0.781. The number of carbonyl (C=O) groups excluding carboxylic acids is 2. The Hall–Kier alpha value is -1.10. The lowest BCUT2D eigenvalue weighted by Gasteiger charge is -2.40. The first-order chi connectivity index (χ1) is 9.04. The molecule has 0 bridgehead atoms. The van der Waals surface area contributed by atoms with Crippen LogP contribution in [0.4, 0.5) is 0 Å². The van der Waals surface area contributed by atoms with Crippen LogP contribution < -0.4 is 10.6 Å². The topological polar surface area (TPSA) is 67.4 Å². The van der Waals surface area contributed by atoms with E-state index in [1.807, 2.05) is 6.92 Å². The van der Waals surface area contributed by atoms with E-state index < -0.39 is 0 Å². The monoisotopic (exact) mass is 268 g/mol. The minimum Gasteiger partial charge on any atom is -0.378 e. The SMILES string of the molecule is COC1(CCNC(=O)[C@@H]2C[C@H](C)CC(=O)N2)CCC1. The van der Waals surface area contributed by atoms with Gasteiger partial charge in [-0.3, -0.25) is 9.59 Å². The van der Waals surface area contributed by atoms with E-state index in [1.165, 1.54) is 6.42 Å². The molecule has 1 saturated carbocycles. The van der Waals surface area contributed by atoms with Crippen LogP contribution in [0.15, 0.2) is 0 Å². The minimum atomic E-state index is -0.365. The van der Waals surface area contributed by atoms with Crippen LogP contribution >= 0.6 is 0 Å². The number of hydrogen-bond donors (Lipinski definition) is 2.